The second kappa shape index (κ2) is 7.88. The lowest BCUT2D eigenvalue weighted by Crippen LogP contribution is -2.41. The third-order valence-corrected chi connectivity index (χ3v) is 5.25. The molecule has 1 fully saturated rings. The Morgan fingerprint density at radius 3 is 2.70 bits per heavy atom. The number of rotatable bonds is 5. The van der Waals surface area contributed by atoms with E-state index in [1.807, 2.05) is 21.7 Å². The van der Waals surface area contributed by atoms with E-state index in [0.29, 0.717) is 17.4 Å². The predicted molar refractivity (Wildman–Crippen MR) is 104 cm³/mol. The van der Waals surface area contributed by atoms with E-state index in [-0.39, 0.29) is 5.91 Å². The van der Waals surface area contributed by atoms with Crippen LogP contribution in [0.3, 0.4) is 0 Å². The topological polar surface area (TPSA) is 53.7 Å². The molecule has 2 aromatic heterocycles. The number of hydrogen-bond acceptors (Lipinski definition) is 4. The Kier molecular flexibility index (Phi) is 5.16. The summed E-state index contributed by atoms with van der Waals surface area (Å²) >= 11 is 0. The Hall–Kier alpha value is -2.73. The minimum Gasteiger partial charge on any atom is -0.337 e. The van der Waals surface area contributed by atoms with Crippen LogP contribution in [0.25, 0.3) is 5.78 Å². The molecule has 0 spiro atoms. The molecule has 4 rings (SSSR count). The summed E-state index contributed by atoms with van der Waals surface area (Å²) in [6.45, 7) is 3.62. The molecule has 1 aliphatic rings. The van der Waals surface area contributed by atoms with E-state index in [0.717, 1.165) is 39.0 Å². The van der Waals surface area contributed by atoms with Crippen LogP contribution in [-0.4, -0.2) is 56.8 Å². The highest BCUT2D eigenvalue weighted by Gasteiger charge is 2.25. The number of piperidine rings is 1. The largest absolute Gasteiger partial charge is 0.337 e. The van der Waals surface area contributed by atoms with E-state index >= 15 is 0 Å². The van der Waals surface area contributed by atoms with Gasteiger partial charge >= 0.3 is 0 Å². The molecule has 3 heterocycles. The smallest absolute Gasteiger partial charge is 0.272 e. The van der Waals surface area contributed by atoms with Gasteiger partial charge in [-0.25, -0.2) is 9.97 Å². The zero-order valence-corrected chi connectivity index (χ0v) is 15.7. The van der Waals surface area contributed by atoms with E-state index in [1.165, 1.54) is 5.56 Å². The van der Waals surface area contributed by atoms with Gasteiger partial charge < -0.3 is 9.80 Å². The van der Waals surface area contributed by atoms with Gasteiger partial charge in [0.15, 0.2) is 0 Å². The van der Waals surface area contributed by atoms with Gasteiger partial charge in [0, 0.05) is 44.8 Å². The molecule has 1 saturated heterocycles. The zero-order chi connectivity index (χ0) is 18.6. The van der Waals surface area contributed by atoms with Crippen LogP contribution in [0.15, 0.2) is 55.0 Å². The molecule has 0 unspecified atom stereocenters. The molecule has 0 aliphatic carbocycles. The van der Waals surface area contributed by atoms with Gasteiger partial charge in [-0.3, -0.25) is 9.20 Å². The number of hydrogen-bond donors (Lipinski definition) is 0. The van der Waals surface area contributed by atoms with Crippen LogP contribution in [0.4, 0.5) is 0 Å². The SMILES string of the molecule is CN(Cc1ccccc1)CC1CCN(C(=O)c2ccn3ccnc3n2)CC1. The van der Waals surface area contributed by atoms with Gasteiger partial charge in [0.25, 0.3) is 5.91 Å². The van der Waals surface area contributed by atoms with Crippen molar-refractivity contribution in [3.63, 3.8) is 0 Å². The molecule has 1 amide bonds. The first-order valence-corrected chi connectivity index (χ1v) is 9.50. The maximum absolute atomic E-state index is 12.8. The van der Waals surface area contributed by atoms with Gasteiger partial charge in [0.05, 0.1) is 0 Å². The molecule has 6 heteroatoms. The highest BCUT2D eigenvalue weighted by Crippen LogP contribution is 2.20. The van der Waals surface area contributed by atoms with Crippen LogP contribution in [-0.2, 0) is 6.54 Å². The molecule has 0 N–H and O–H groups in total. The standard InChI is InChI=1S/C21H25N5O/c1-24(15-17-5-3-2-4-6-17)16-18-7-11-25(12-8-18)20(27)19-9-13-26-14-10-22-21(26)23-19/h2-6,9-10,13-14,18H,7-8,11-12,15-16H2,1H3. The number of benzene rings is 1. The van der Waals surface area contributed by atoms with Gasteiger partial charge in [-0.15, -0.1) is 0 Å². The van der Waals surface area contributed by atoms with Crippen LogP contribution in [0, 0.1) is 5.92 Å². The third kappa shape index (κ3) is 4.17. The van der Waals surface area contributed by atoms with Gasteiger partial charge in [0.2, 0.25) is 5.78 Å². The summed E-state index contributed by atoms with van der Waals surface area (Å²) < 4.78 is 1.81. The number of carbonyl (C=O) groups excluding carboxylic acids is 1. The second-order valence-corrected chi connectivity index (χ2v) is 7.37. The van der Waals surface area contributed by atoms with E-state index < -0.39 is 0 Å². The van der Waals surface area contributed by atoms with Gasteiger partial charge in [-0.05, 0) is 37.4 Å². The van der Waals surface area contributed by atoms with Crippen LogP contribution in [0.2, 0.25) is 0 Å². The highest BCUT2D eigenvalue weighted by molar-refractivity contribution is 5.92. The summed E-state index contributed by atoms with van der Waals surface area (Å²) in [5.41, 5.74) is 1.82. The number of likely N-dealkylation sites (tertiary alicyclic amines) is 1. The van der Waals surface area contributed by atoms with E-state index in [2.05, 4.69) is 52.2 Å². The second-order valence-electron chi connectivity index (χ2n) is 7.37. The fraction of sp³-hybridized carbons (Fsp3) is 0.381. The first kappa shape index (κ1) is 17.7. The molecule has 0 bridgehead atoms. The molecule has 1 aromatic carbocycles. The van der Waals surface area contributed by atoms with Crippen molar-refractivity contribution < 1.29 is 4.79 Å². The van der Waals surface area contributed by atoms with Crippen molar-refractivity contribution in [1.82, 2.24) is 24.2 Å². The fourth-order valence-corrected chi connectivity index (χ4v) is 3.80. The van der Waals surface area contributed by atoms with Crippen LogP contribution >= 0.6 is 0 Å². The summed E-state index contributed by atoms with van der Waals surface area (Å²) in [5, 5.41) is 0. The molecule has 1 aliphatic heterocycles. The lowest BCUT2D eigenvalue weighted by Gasteiger charge is -2.33. The van der Waals surface area contributed by atoms with Crippen LogP contribution in [0.5, 0.6) is 0 Å². The molecule has 27 heavy (non-hydrogen) atoms. The number of fused-ring (bicyclic) bond motifs is 1. The Morgan fingerprint density at radius 1 is 1.15 bits per heavy atom. The van der Waals surface area contributed by atoms with Crippen molar-refractivity contribution in [1.29, 1.82) is 0 Å². The van der Waals surface area contributed by atoms with Crippen molar-refractivity contribution in [2.24, 2.45) is 5.92 Å². The molecule has 6 nitrogen and oxygen atoms in total. The molecule has 140 valence electrons. The average molecular weight is 363 g/mol. The van der Waals surface area contributed by atoms with Crippen molar-refractivity contribution >= 4 is 11.7 Å². The van der Waals surface area contributed by atoms with Gasteiger partial charge in [0.1, 0.15) is 5.69 Å². The van der Waals surface area contributed by atoms with Crippen molar-refractivity contribution in [2.45, 2.75) is 19.4 Å². The maximum atomic E-state index is 12.8. The van der Waals surface area contributed by atoms with Gasteiger partial charge in [-0.1, -0.05) is 30.3 Å². The number of nitrogens with zero attached hydrogens (tertiary/aromatic N) is 5. The molecule has 0 atom stereocenters. The molecule has 0 radical (unpaired) electrons. The predicted octanol–water partition coefficient (Wildman–Crippen LogP) is 2.71. The van der Waals surface area contributed by atoms with E-state index in [4.69, 9.17) is 0 Å². The first-order valence-electron chi connectivity index (χ1n) is 9.50. The lowest BCUT2D eigenvalue weighted by atomic mass is 9.96. The number of amides is 1. The monoisotopic (exact) mass is 363 g/mol. The van der Waals surface area contributed by atoms with Crippen LogP contribution < -0.4 is 0 Å². The number of carbonyl (C=O) groups is 1. The van der Waals surface area contributed by atoms with E-state index in [9.17, 15) is 4.79 Å². The number of imidazole rings is 1. The molecule has 3 aromatic rings. The first-order chi connectivity index (χ1) is 13.2. The fourth-order valence-electron chi connectivity index (χ4n) is 3.80. The average Bonchev–Trinajstić information content (AvgIpc) is 3.16. The zero-order valence-electron chi connectivity index (χ0n) is 15.7. The van der Waals surface area contributed by atoms with Crippen molar-refractivity contribution in [3.05, 3.63) is 66.2 Å². The minimum absolute atomic E-state index is 0.0107. The van der Waals surface area contributed by atoms with Crippen LogP contribution in [0.1, 0.15) is 28.9 Å². The van der Waals surface area contributed by atoms with Crippen molar-refractivity contribution in [3.8, 4) is 0 Å². The Balaban J connectivity index is 1.29. The molecule has 0 saturated carbocycles. The summed E-state index contributed by atoms with van der Waals surface area (Å²) in [4.78, 5) is 25.6. The molecular formula is C21H25N5O. The Morgan fingerprint density at radius 2 is 1.93 bits per heavy atom. The number of aromatic nitrogens is 3. The van der Waals surface area contributed by atoms with Gasteiger partial charge in [-0.2, -0.15) is 0 Å². The quantitative estimate of drug-likeness (QED) is 0.699. The maximum Gasteiger partial charge on any atom is 0.272 e. The summed E-state index contributed by atoms with van der Waals surface area (Å²) in [6, 6.07) is 12.3. The minimum atomic E-state index is 0.0107. The highest BCUT2D eigenvalue weighted by atomic mass is 16.2. The Bertz CT molecular complexity index is 899. The normalized spacial score (nSPS) is 15.6. The summed E-state index contributed by atoms with van der Waals surface area (Å²) in [6.07, 6.45) is 7.43. The van der Waals surface area contributed by atoms with Crippen molar-refractivity contribution in [2.75, 3.05) is 26.7 Å². The third-order valence-electron chi connectivity index (χ3n) is 5.25. The lowest BCUT2D eigenvalue weighted by molar-refractivity contribution is 0.0666. The summed E-state index contributed by atoms with van der Waals surface area (Å²) in [7, 11) is 2.17. The summed E-state index contributed by atoms with van der Waals surface area (Å²) in [5.74, 6) is 1.21. The van der Waals surface area contributed by atoms with E-state index in [1.54, 1.807) is 12.3 Å². The molecular weight excluding hydrogens is 338 g/mol. The Labute approximate surface area is 159 Å².